The average Bonchev–Trinajstić information content (AvgIpc) is 3.10. The van der Waals surface area contributed by atoms with Crippen LogP contribution in [0.15, 0.2) is 47.2 Å². The molecule has 1 N–H and O–H groups in total. The minimum Gasteiger partial charge on any atom is -0.493 e. The maximum atomic E-state index is 12.7. The van der Waals surface area contributed by atoms with Gasteiger partial charge >= 0.3 is 0 Å². The molecular formula is C20H20N2O4. The molecule has 0 unspecified atom stereocenters. The number of carbonyl (C=O) groups excluding carboxylic acids is 1. The number of methoxy groups -OCH3 is 2. The van der Waals surface area contributed by atoms with Crippen LogP contribution in [0.25, 0.3) is 11.3 Å². The van der Waals surface area contributed by atoms with E-state index in [2.05, 4.69) is 10.3 Å². The maximum Gasteiger partial charge on any atom is 0.278 e. The van der Waals surface area contributed by atoms with Crippen LogP contribution in [0.2, 0.25) is 0 Å². The molecule has 0 aliphatic carbocycles. The van der Waals surface area contributed by atoms with E-state index in [1.807, 2.05) is 32.0 Å². The molecule has 6 nitrogen and oxygen atoms in total. The zero-order valence-corrected chi connectivity index (χ0v) is 15.1. The monoisotopic (exact) mass is 352 g/mol. The van der Waals surface area contributed by atoms with Crippen molar-refractivity contribution in [2.24, 2.45) is 0 Å². The zero-order valence-electron chi connectivity index (χ0n) is 15.1. The van der Waals surface area contributed by atoms with Gasteiger partial charge in [0.05, 0.1) is 14.2 Å². The van der Waals surface area contributed by atoms with Crippen molar-refractivity contribution < 1.29 is 18.7 Å². The van der Waals surface area contributed by atoms with Gasteiger partial charge in [-0.25, -0.2) is 4.98 Å². The Kier molecular flexibility index (Phi) is 4.93. The average molecular weight is 352 g/mol. The maximum absolute atomic E-state index is 12.7. The van der Waals surface area contributed by atoms with Crippen molar-refractivity contribution in [2.75, 3.05) is 19.5 Å². The molecule has 26 heavy (non-hydrogen) atoms. The van der Waals surface area contributed by atoms with Crippen molar-refractivity contribution in [2.45, 2.75) is 13.8 Å². The summed E-state index contributed by atoms with van der Waals surface area (Å²) in [6.45, 7) is 3.96. The number of ether oxygens (including phenoxy) is 2. The van der Waals surface area contributed by atoms with E-state index < -0.39 is 0 Å². The van der Waals surface area contributed by atoms with Gasteiger partial charge in [-0.15, -0.1) is 0 Å². The zero-order chi connectivity index (χ0) is 18.7. The molecule has 1 amide bonds. The van der Waals surface area contributed by atoms with Crippen LogP contribution in [0, 0.1) is 13.8 Å². The molecule has 3 rings (SSSR count). The van der Waals surface area contributed by atoms with E-state index >= 15 is 0 Å². The number of aryl methyl sites for hydroxylation is 2. The fourth-order valence-electron chi connectivity index (χ4n) is 2.83. The van der Waals surface area contributed by atoms with Crippen molar-refractivity contribution in [3.05, 3.63) is 59.6 Å². The Morgan fingerprint density at radius 2 is 1.69 bits per heavy atom. The lowest BCUT2D eigenvalue weighted by Gasteiger charge is -2.09. The Labute approximate surface area is 151 Å². The van der Waals surface area contributed by atoms with Gasteiger partial charge in [0, 0.05) is 11.3 Å². The van der Waals surface area contributed by atoms with E-state index in [0.717, 1.165) is 11.1 Å². The number of benzene rings is 2. The fraction of sp³-hybridized carbons (Fsp3) is 0.200. The molecule has 6 heteroatoms. The van der Waals surface area contributed by atoms with Gasteiger partial charge < -0.3 is 19.2 Å². The molecule has 3 aromatic rings. The minimum atomic E-state index is -0.339. The van der Waals surface area contributed by atoms with E-state index in [1.54, 1.807) is 32.4 Å². The van der Waals surface area contributed by atoms with Crippen molar-refractivity contribution in [3.8, 4) is 22.8 Å². The van der Waals surface area contributed by atoms with Gasteiger partial charge in [0.15, 0.2) is 29.3 Å². The van der Waals surface area contributed by atoms with Crippen LogP contribution in [0.5, 0.6) is 11.5 Å². The van der Waals surface area contributed by atoms with Crippen molar-refractivity contribution >= 4 is 11.6 Å². The van der Waals surface area contributed by atoms with Gasteiger partial charge in [-0.05, 0) is 55.3 Å². The Morgan fingerprint density at radius 1 is 1.00 bits per heavy atom. The number of anilines is 1. The third kappa shape index (κ3) is 3.54. The Hall–Kier alpha value is -3.28. The van der Waals surface area contributed by atoms with Crippen LogP contribution in [-0.4, -0.2) is 25.1 Å². The lowest BCUT2D eigenvalue weighted by Crippen LogP contribution is -2.13. The van der Waals surface area contributed by atoms with Crippen LogP contribution in [-0.2, 0) is 0 Å². The molecule has 0 aliphatic rings. The third-order valence-electron chi connectivity index (χ3n) is 3.91. The molecule has 0 fully saturated rings. The lowest BCUT2D eigenvalue weighted by atomic mass is 10.1. The second-order valence-corrected chi connectivity index (χ2v) is 5.93. The topological polar surface area (TPSA) is 73.6 Å². The first-order valence-corrected chi connectivity index (χ1v) is 8.07. The molecule has 134 valence electrons. The summed E-state index contributed by atoms with van der Waals surface area (Å²) in [7, 11) is 3.12. The molecule has 1 heterocycles. The number of nitrogens with zero attached hydrogens (tertiary/aromatic N) is 1. The summed E-state index contributed by atoms with van der Waals surface area (Å²) >= 11 is 0. The van der Waals surface area contributed by atoms with E-state index in [1.165, 1.54) is 6.39 Å². The summed E-state index contributed by atoms with van der Waals surface area (Å²) in [5.74, 6) is 1.17. The second-order valence-electron chi connectivity index (χ2n) is 5.93. The van der Waals surface area contributed by atoms with Gasteiger partial charge in [0.1, 0.15) is 0 Å². The second kappa shape index (κ2) is 7.31. The number of aromatic nitrogens is 1. The molecule has 0 spiro atoms. The normalized spacial score (nSPS) is 10.5. The van der Waals surface area contributed by atoms with E-state index in [-0.39, 0.29) is 11.6 Å². The molecule has 1 aromatic heterocycles. The number of oxazole rings is 1. The molecule has 0 aliphatic heterocycles. The predicted octanol–water partition coefficient (Wildman–Crippen LogP) is 4.23. The Morgan fingerprint density at radius 3 is 2.35 bits per heavy atom. The summed E-state index contributed by atoms with van der Waals surface area (Å²) in [6.07, 6.45) is 1.25. The third-order valence-corrected chi connectivity index (χ3v) is 3.91. The molecule has 0 saturated heterocycles. The highest BCUT2D eigenvalue weighted by Gasteiger charge is 2.20. The van der Waals surface area contributed by atoms with Gasteiger partial charge in [-0.2, -0.15) is 0 Å². The largest absolute Gasteiger partial charge is 0.493 e. The smallest absolute Gasteiger partial charge is 0.278 e. The first-order chi connectivity index (χ1) is 12.5. The highest BCUT2D eigenvalue weighted by molar-refractivity contribution is 6.06. The number of hydrogen-bond acceptors (Lipinski definition) is 5. The standard InChI is InChI=1S/C20H20N2O4/c1-12-7-13(2)9-15(8-12)22-20(23)18-19(26-11-21-18)14-5-6-16(24-3)17(10-14)25-4/h5-11H,1-4H3,(H,22,23). The van der Waals surface area contributed by atoms with Crippen LogP contribution in [0.4, 0.5) is 5.69 Å². The fourth-order valence-corrected chi connectivity index (χ4v) is 2.83. The summed E-state index contributed by atoms with van der Waals surface area (Å²) in [5.41, 5.74) is 3.73. The highest BCUT2D eigenvalue weighted by Crippen LogP contribution is 2.33. The lowest BCUT2D eigenvalue weighted by molar-refractivity contribution is 0.102. The van der Waals surface area contributed by atoms with Crippen molar-refractivity contribution in [1.29, 1.82) is 0 Å². The summed E-state index contributed by atoms with van der Waals surface area (Å²) in [5, 5.41) is 2.87. The Bertz CT molecular complexity index is 926. The summed E-state index contributed by atoms with van der Waals surface area (Å²) < 4.78 is 16.0. The molecule has 0 bridgehead atoms. The van der Waals surface area contributed by atoms with E-state index in [9.17, 15) is 4.79 Å². The molecular weight excluding hydrogens is 332 g/mol. The van der Waals surface area contributed by atoms with Crippen molar-refractivity contribution in [3.63, 3.8) is 0 Å². The number of carbonyl (C=O) groups is 1. The van der Waals surface area contributed by atoms with Gasteiger partial charge in [-0.1, -0.05) is 6.07 Å². The van der Waals surface area contributed by atoms with Crippen molar-refractivity contribution in [1.82, 2.24) is 4.98 Å². The minimum absolute atomic E-state index is 0.205. The SMILES string of the molecule is COc1ccc(-c2ocnc2C(=O)Nc2cc(C)cc(C)c2)cc1OC. The van der Waals surface area contributed by atoms with E-state index in [4.69, 9.17) is 13.9 Å². The van der Waals surface area contributed by atoms with Crippen LogP contribution >= 0.6 is 0 Å². The van der Waals surface area contributed by atoms with Crippen LogP contribution < -0.4 is 14.8 Å². The highest BCUT2D eigenvalue weighted by atomic mass is 16.5. The Balaban J connectivity index is 1.92. The van der Waals surface area contributed by atoms with Crippen LogP contribution in [0.3, 0.4) is 0 Å². The number of rotatable bonds is 5. The molecule has 0 atom stereocenters. The van der Waals surface area contributed by atoms with Gasteiger partial charge in [0.2, 0.25) is 0 Å². The number of nitrogens with one attached hydrogen (secondary N) is 1. The quantitative estimate of drug-likeness (QED) is 0.744. The first kappa shape index (κ1) is 17.5. The summed E-state index contributed by atoms with van der Waals surface area (Å²) in [6, 6.07) is 11.1. The number of hydrogen-bond donors (Lipinski definition) is 1. The summed E-state index contributed by atoms with van der Waals surface area (Å²) in [4.78, 5) is 16.8. The first-order valence-electron chi connectivity index (χ1n) is 8.07. The predicted molar refractivity (Wildman–Crippen MR) is 98.9 cm³/mol. The van der Waals surface area contributed by atoms with Gasteiger partial charge in [-0.3, -0.25) is 4.79 Å². The van der Waals surface area contributed by atoms with E-state index in [0.29, 0.717) is 28.5 Å². The van der Waals surface area contributed by atoms with Gasteiger partial charge in [0.25, 0.3) is 5.91 Å². The van der Waals surface area contributed by atoms with Crippen LogP contribution in [0.1, 0.15) is 21.6 Å². The molecule has 2 aromatic carbocycles. The number of amides is 1. The molecule has 0 saturated carbocycles. The molecule has 0 radical (unpaired) electrons.